The van der Waals surface area contributed by atoms with Crippen molar-refractivity contribution in [3.63, 3.8) is 0 Å². The van der Waals surface area contributed by atoms with E-state index in [-0.39, 0.29) is 11.3 Å². The van der Waals surface area contributed by atoms with Gasteiger partial charge in [-0.05, 0) is 44.1 Å². The lowest BCUT2D eigenvalue weighted by Crippen LogP contribution is -2.39. The molecule has 0 spiro atoms. The van der Waals surface area contributed by atoms with Gasteiger partial charge in [-0.3, -0.25) is 9.48 Å². The van der Waals surface area contributed by atoms with Crippen molar-refractivity contribution in [1.82, 2.24) is 20.0 Å². The number of carbonyl (C=O) groups is 1. The van der Waals surface area contributed by atoms with Crippen molar-refractivity contribution < 1.29 is 4.79 Å². The summed E-state index contributed by atoms with van der Waals surface area (Å²) in [5, 5.41) is 9.47. The van der Waals surface area contributed by atoms with E-state index in [0.717, 1.165) is 33.0 Å². The second-order valence-corrected chi connectivity index (χ2v) is 9.69. The van der Waals surface area contributed by atoms with E-state index < -0.39 is 0 Å². The van der Waals surface area contributed by atoms with Crippen LogP contribution in [0.3, 0.4) is 0 Å². The highest BCUT2D eigenvalue weighted by Crippen LogP contribution is 2.30. The van der Waals surface area contributed by atoms with Crippen molar-refractivity contribution in [2.24, 2.45) is 5.41 Å². The lowest BCUT2D eigenvalue weighted by atomic mass is 9.93. The monoisotopic (exact) mass is 418 g/mol. The molecule has 0 aliphatic carbocycles. The fourth-order valence-electron chi connectivity index (χ4n) is 3.44. The first-order chi connectivity index (χ1) is 13.2. The summed E-state index contributed by atoms with van der Waals surface area (Å²) in [5.41, 5.74) is 1.94. The minimum atomic E-state index is -0.0308. The molecule has 1 aromatic carbocycles. The first kappa shape index (κ1) is 20.8. The van der Waals surface area contributed by atoms with E-state index in [4.69, 9.17) is 11.6 Å². The number of aryl methyl sites for hydroxylation is 1. The Morgan fingerprint density at radius 1 is 1.32 bits per heavy atom. The number of halogens is 1. The Balaban J connectivity index is 1.79. The minimum absolute atomic E-state index is 0.00656. The zero-order valence-corrected chi connectivity index (χ0v) is 18.6. The van der Waals surface area contributed by atoms with Crippen LogP contribution in [0.25, 0.3) is 10.2 Å². The Labute approximate surface area is 175 Å². The maximum absolute atomic E-state index is 12.7. The van der Waals surface area contributed by atoms with E-state index in [0.29, 0.717) is 18.0 Å². The van der Waals surface area contributed by atoms with Crippen molar-refractivity contribution in [2.75, 3.05) is 27.2 Å². The summed E-state index contributed by atoms with van der Waals surface area (Å²) in [6.07, 6.45) is 0. The second kappa shape index (κ2) is 8.23. The first-order valence-electron chi connectivity index (χ1n) is 9.29. The van der Waals surface area contributed by atoms with E-state index in [2.05, 4.69) is 29.2 Å². The van der Waals surface area contributed by atoms with Crippen molar-refractivity contribution in [3.8, 4) is 0 Å². The van der Waals surface area contributed by atoms with Crippen LogP contribution >= 0.6 is 22.9 Å². The van der Waals surface area contributed by atoms with E-state index in [1.165, 1.54) is 11.3 Å². The molecule has 2 heterocycles. The third kappa shape index (κ3) is 4.74. The molecule has 0 atom stereocenters. The Kier molecular flexibility index (Phi) is 6.12. The van der Waals surface area contributed by atoms with Gasteiger partial charge >= 0.3 is 0 Å². The van der Waals surface area contributed by atoms with Gasteiger partial charge in [0.05, 0.1) is 17.1 Å². The van der Waals surface area contributed by atoms with Crippen molar-refractivity contribution >= 4 is 39.1 Å². The molecule has 2 aromatic heterocycles. The molecule has 0 aliphatic heterocycles. The zero-order valence-electron chi connectivity index (χ0n) is 17.0. The van der Waals surface area contributed by atoms with Crippen molar-refractivity contribution in [3.05, 3.63) is 51.5 Å². The average Bonchev–Trinajstić information content (AvgIpc) is 3.15. The number of nitrogens with one attached hydrogen (secondary N) is 1. The highest BCUT2D eigenvalue weighted by molar-refractivity contribution is 7.20. The molecular weight excluding hydrogens is 392 g/mol. The first-order valence-corrected chi connectivity index (χ1v) is 10.5. The number of hydrogen-bond donors (Lipinski definition) is 1. The number of fused-ring (bicyclic) bond motifs is 1. The quantitative estimate of drug-likeness (QED) is 0.617. The second-order valence-electron chi connectivity index (χ2n) is 8.25. The number of nitrogens with zero attached hydrogens (tertiary/aromatic N) is 3. The predicted molar refractivity (Wildman–Crippen MR) is 118 cm³/mol. The molecule has 0 fully saturated rings. The number of thiophene rings is 1. The molecular formula is C21H27ClN4OS. The van der Waals surface area contributed by atoms with Crippen LogP contribution < -0.4 is 5.32 Å². The Hall–Kier alpha value is -1.89. The normalized spacial score (nSPS) is 12.1. The summed E-state index contributed by atoms with van der Waals surface area (Å²) in [5.74, 6) is -0.0308. The lowest BCUT2D eigenvalue weighted by Gasteiger charge is -2.28. The summed E-state index contributed by atoms with van der Waals surface area (Å²) in [7, 11) is 4.09. The Morgan fingerprint density at radius 3 is 2.71 bits per heavy atom. The summed E-state index contributed by atoms with van der Waals surface area (Å²) in [4.78, 5) is 16.6. The van der Waals surface area contributed by atoms with E-state index in [1.807, 2.05) is 56.0 Å². The smallest absolute Gasteiger partial charge is 0.261 e. The molecule has 150 valence electrons. The molecule has 0 saturated carbocycles. The van der Waals surface area contributed by atoms with Gasteiger partial charge in [-0.25, -0.2) is 0 Å². The third-order valence-corrected chi connectivity index (χ3v) is 6.10. The van der Waals surface area contributed by atoms with Gasteiger partial charge in [0.2, 0.25) is 0 Å². The standard InChI is InChI=1S/C21H27ClN4OS/c1-14-16-10-18(19(27)23-12-21(2,3)13-25(4)5)28-20(16)26(24-14)11-15-8-6-7-9-17(15)22/h6-10H,11-13H2,1-5H3,(H,23,27). The van der Waals surface area contributed by atoms with Gasteiger partial charge < -0.3 is 10.2 Å². The largest absolute Gasteiger partial charge is 0.351 e. The molecule has 0 saturated heterocycles. The van der Waals surface area contributed by atoms with Gasteiger partial charge in [0.25, 0.3) is 5.91 Å². The van der Waals surface area contributed by atoms with Gasteiger partial charge in [-0.2, -0.15) is 5.10 Å². The fourth-order valence-corrected chi connectivity index (χ4v) is 4.71. The third-order valence-electron chi connectivity index (χ3n) is 4.58. The van der Waals surface area contributed by atoms with Crippen LogP contribution in [0.5, 0.6) is 0 Å². The Bertz CT molecular complexity index is 990. The predicted octanol–water partition coefficient (Wildman–Crippen LogP) is 4.43. The number of aromatic nitrogens is 2. The average molecular weight is 419 g/mol. The number of rotatable bonds is 7. The van der Waals surface area contributed by atoms with E-state index in [9.17, 15) is 4.79 Å². The van der Waals surface area contributed by atoms with Gasteiger partial charge in [0.1, 0.15) is 4.83 Å². The van der Waals surface area contributed by atoms with Crippen LogP contribution in [0.1, 0.15) is 34.8 Å². The minimum Gasteiger partial charge on any atom is -0.351 e. The van der Waals surface area contributed by atoms with Crippen LogP contribution in [-0.2, 0) is 6.54 Å². The summed E-state index contributed by atoms with van der Waals surface area (Å²) in [6, 6.07) is 9.71. The SMILES string of the molecule is Cc1nn(Cc2ccccc2Cl)c2sc(C(=O)NCC(C)(C)CN(C)C)cc12. The zero-order chi connectivity index (χ0) is 20.5. The van der Waals surface area contributed by atoms with Gasteiger partial charge in [0, 0.05) is 23.5 Å². The molecule has 28 heavy (non-hydrogen) atoms. The molecule has 5 nitrogen and oxygen atoms in total. The summed E-state index contributed by atoms with van der Waals surface area (Å²) in [6.45, 7) is 8.41. The van der Waals surface area contributed by atoms with Gasteiger partial charge in [-0.15, -0.1) is 11.3 Å². The van der Waals surface area contributed by atoms with Gasteiger partial charge in [0.15, 0.2) is 0 Å². The number of hydrogen-bond acceptors (Lipinski definition) is 4. The molecule has 0 radical (unpaired) electrons. The summed E-state index contributed by atoms with van der Waals surface area (Å²) < 4.78 is 1.93. The fraction of sp³-hybridized carbons (Fsp3) is 0.429. The van der Waals surface area contributed by atoms with Crippen LogP contribution in [-0.4, -0.2) is 47.8 Å². The number of amides is 1. The van der Waals surface area contributed by atoms with Crippen LogP contribution in [0.15, 0.2) is 30.3 Å². The maximum Gasteiger partial charge on any atom is 0.261 e. The van der Waals surface area contributed by atoms with Crippen LogP contribution in [0, 0.1) is 12.3 Å². The highest BCUT2D eigenvalue weighted by atomic mass is 35.5. The van der Waals surface area contributed by atoms with Crippen molar-refractivity contribution in [1.29, 1.82) is 0 Å². The van der Waals surface area contributed by atoms with Gasteiger partial charge in [-0.1, -0.05) is 43.6 Å². The molecule has 1 N–H and O–H groups in total. The van der Waals surface area contributed by atoms with Crippen LogP contribution in [0.2, 0.25) is 5.02 Å². The molecule has 0 aliphatic rings. The number of benzene rings is 1. The van der Waals surface area contributed by atoms with E-state index in [1.54, 1.807) is 0 Å². The molecule has 3 aromatic rings. The van der Waals surface area contributed by atoms with Crippen molar-refractivity contribution in [2.45, 2.75) is 27.3 Å². The molecule has 3 rings (SSSR count). The molecule has 7 heteroatoms. The Morgan fingerprint density at radius 2 is 2.04 bits per heavy atom. The van der Waals surface area contributed by atoms with Crippen LogP contribution in [0.4, 0.5) is 0 Å². The number of carbonyl (C=O) groups excluding carboxylic acids is 1. The molecule has 0 unspecified atom stereocenters. The summed E-state index contributed by atoms with van der Waals surface area (Å²) >= 11 is 7.78. The molecule has 1 amide bonds. The van der Waals surface area contributed by atoms with E-state index >= 15 is 0 Å². The topological polar surface area (TPSA) is 50.2 Å². The lowest BCUT2D eigenvalue weighted by molar-refractivity contribution is 0.0933. The highest BCUT2D eigenvalue weighted by Gasteiger charge is 2.22. The molecule has 0 bridgehead atoms. The maximum atomic E-state index is 12.7.